The fourth-order valence-corrected chi connectivity index (χ4v) is 2.92. The number of halogens is 4. The van der Waals surface area contributed by atoms with Crippen LogP contribution in [-0.4, -0.2) is 35.8 Å². The number of pyridine rings is 1. The van der Waals surface area contributed by atoms with E-state index in [9.17, 15) is 18.0 Å². The van der Waals surface area contributed by atoms with Crippen LogP contribution in [0.15, 0.2) is 40.8 Å². The molecule has 1 unspecified atom stereocenters. The van der Waals surface area contributed by atoms with Crippen LogP contribution < -0.4 is 15.8 Å². The summed E-state index contributed by atoms with van der Waals surface area (Å²) in [5.41, 5.74) is 7.78. The van der Waals surface area contributed by atoms with Gasteiger partial charge >= 0.3 is 6.18 Å². The van der Waals surface area contributed by atoms with Gasteiger partial charge in [-0.1, -0.05) is 11.6 Å². The summed E-state index contributed by atoms with van der Waals surface area (Å²) < 4.78 is 41.5. The molecule has 2 aliphatic rings. The van der Waals surface area contributed by atoms with Crippen molar-refractivity contribution in [2.45, 2.75) is 38.0 Å². The molecule has 1 aromatic rings. The summed E-state index contributed by atoms with van der Waals surface area (Å²) in [4.78, 5) is 20.7. The lowest BCUT2D eigenvalue weighted by Crippen LogP contribution is -2.33. The van der Waals surface area contributed by atoms with E-state index in [1.54, 1.807) is 18.5 Å². The number of Topliss-reactive ketones (excluding diaryl/α,β-unsaturated/α-hetero) is 1. The number of rotatable bonds is 8. The molecule has 1 atom stereocenters. The zero-order chi connectivity index (χ0) is 21.0. The first-order chi connectivity index (χ1) is 13.7. The molecule has 0 spiro atoms. The Hall–Kier alpha value is -2.39. The van der Waals surface area contributed by atoms with Gasteiger partial charge < -0.3 is 15.8 Å². The molecule has 0 aromatic carbocycles. The summed E-state index contributed by atoms with van der Waals surface area (Å²) in [6.07, 6.45) is 2.74. The largest absolute Gasteiger partial charge is 0.476 e. The molecule has 2 heterocycles. The average molecular weight is 429 g/mol. The van der Waals surface area contributed by atoms with Crippen molar-refractivity contribution in [2.24, 2.45) is 16.6 Å². The van der Waals surface area contributed by atoms with Crippen LogP contribution in [0.5, 0.6) is 5.88 Å². The summed E-state index contributed by atoms with van der Waals surface area (Å²) in [5, 5.41) is 3.06. The number of hydrogen-bond donors (Lipinski definition) is 2. The molecule has 0 radical (unpaired) electrons. The zero-order valence-corrected chi connectivity index (χ0v) is 16.1. The monoisotopic (exact) mass is 428 g/mol. The number of carbonyl (C=O) groups is 1. The maximum atomic E-state index is 12.4. The minimum atomic E-state index is -4.31. The van der Waals surface area contributed by atoms with E-state index in [1.807, 2.05) is 0 Å². The van der Waals surface area contributed by atoms with E-state index in [-0.39, 0.29) is 29.1 Å². The van der Waals surface area contributed by atoms with E-state index >= 15 is 0 Å². The number of aromatic nitrogens is 1. The molecule has 0 bridgehead atoms. The van der Waals surface area contributed by atoms with Crippen molar-refractivity contribution in [2.75, 3.05) is 6.61 Å². The predicted molar refractivity (Wildman–Crippen MR) is 103 cm³/mol. The Kier molecular flexibility index (Phi) is 6.59. The standard InChI is InChI=1S/C19H20ClF3N4O2/c20-14-7-11(9-27-18(14)29-6-4-19(21,22)23)8-25-10-13-15(24)3-5-26-16(13)17(28)12-1-2-12/h3,5,7,9-10,12,15,26H,1-2,4,6,8,24H2. The van der Waals surface area contributed by atoms with Crippen molar-refractivity contribution in [3.63, 3.8) is 0 Å². The van der Waals surface area contributed by atoms with Crippen molar-refractivity contribution in [1.29, 1.82) is 0 Å². The molecule has 1 aliphatic carbocycles. The van der Waals surface area contributed by atoms with Crippen LogP contribution in [-0.2, 0) is 11.3 Å². The second-order valence-electron chi connectivity index (χ2n) is 6.81. The molecule has 10 heteroatoms. The van der Waals surface area contributed by atoms with Gasteiger partial charge in [0, 0.05) is 23.9 Å². The summed E-state index contributed by atoms with van der Waals surface area (Å²) in [5.74, 6) is 0.0242. The van der Waals surface area contributed by atoms with Crippen LogP contribution in [0.4, 0.5) is 13.2 Å². The molecule has 1 fully saturated rings. The molecule has 1 aliphatic heterocycles. The number of nitrogens with zero attached hydrogens (tertiary/aromatic N) is 2. The number of carbonyl (C=O) groups excluding carboxylic acids is 1. The fourth-order valence-electron chi connectivity index (χ4n) is 2.67. The Balaban J connectivity index is 1.63. The van der Waals surface area contributed by atoms with Crippen molar-refractivity contribution in [3.05, 3.63) is 46.4 Å². The Morgan fingerprint density at radius 2 is 2.21 bits per heavy atom. The van der Waals surface area contributed by atoms with Gasteiger partial charge in [0.25, 0.3) is 0 Å². The molecule has 3 N–H and O–H groups in total. The highest BCUT2D eigenvalue weighted by Gasteiger charge is 2.34. The second kappa shape index (κ2) is 8.96. The third-order valence-electron chi connectivity index (χ3n) is 4.37. The first kappa shape index (κ1) is 21.3. The van der Waals surface area contributed by atoms with Crippen LogP contribution in [0.1, 0.15) is 24.8 Å². The van der Waals surface area contributed by atoms with Crippen LogP contribution in [0, 0.1) is 5.92 Å². The topological polar surface area (TPSA) is 89.6 Å². The lowest BCUT2D eigenvalue weighted by Gasteiger charge is -2.19. The van der Waals surface area contributed by atoms with Crippen molar-refractivity contribution in [3.8, 4) is 5.88 Å². The van der Waals surface area contributed by atoms with Gasteiger partial charge in [-0.3, -0.25) is 9.79 Å². The molecule has 6 nitrogen and oxygen atoms in total. The summed E-state index contributed by atoms with van der Waals surface area (Å²) in [6.45, 7) is -0.349. The molecule has 29 heavy (non-hydrogen) atoms. The third-order valence-corrected chi connectivity index (χ3v) is 4.64. The molecule has 3 rings (SSSR count). The molecule has 1 saturated carbocycles. The second-order valence-corrected chi connectivity index (χ2v) is 7.22. The van der Waals surface area contributed by atoms with E-state index in [1.165, 1.54) is 12.3 Å². The number of allylic oxidation sites excluding steroid dienone is 1. The van der Waals surface area contributed by atoms with Gasteiger partial charge in [0.05, 0.1) is 31.3 Å². The van der Waals surface area contributed by atoms with Gasteiger partial charge in [0.2, 0.25) is 5.88 Å². The summed E-state index contributed by atoms with van der Waals surface area (Å²) >= 11 is 6.02. The van der Waals surface area contributed by atoms with Gasteiger partial charge in [-0.2, -0.15) is 13.2 Å². The number of hydrogen-bond acceptors (Lipinski definition) is 6. The molecule has 156 valence electrons. The highest BCUT2D eigenvalue weighted by atomic mass is 35.5. The molecule has 1 aromatic heterocycles. The third kappa shape index (κ3) is 6.04. The number of nitrogens with one attached hydrogen (secondary N) is 1. The van der Waals surface area contributed by atoms with Crippen LogP contribution >= 0.6 is 11.6 Å². The lowest BCUT2D eigenvalue weighted by molar-refractivity contribution is -0.139. The average Bonchev–Trinajstić information content (AvgIpc) is 3.48. The minimum absolute atomic E-state index is 0.0383. The number of alkyl halides is 3. The molecular formula is C19H20ClF3N4O2. The summed E-state index contributed by atoms with van der Waals surface area (Å²) in [7, 11) is 0. The van der Waals surface area contributed by atoms with E-state index < -0.39 is 25.2 Å². The first-order valence-corrected chi connectivity index (χ1v) is 9.43. The lowest BCUT2D eigenvalue weighted by atomic mass is 9.99. The van der Waals surface area contributed by atoms with E-state index in [4.69, 9.17) is 22.1 Å². The van der Waals surface area contributed by atoms with Gasteiger partial charge in [0.1, 0.15) is 5.02 Å². The van der Waals surface area contributed by atoms with Crippen LogP contribution in [0.3, 0.4) is 0 Å². The SMILES string of the molecule is NC1C=CNC(C(=O)C2CC2)=C1C=NCc1cnc(OCCC(F)(F)F)c(Cl)c1. The highest BCUT2D eigenvalue weighted by molar-refractivity contribution is 6.31. The molecular weight excluding hydrogens is 409 g/mol. The van der Waals surface area contributed by atoms with Crippen molar-refractivity contribution >= 4 is 23.6 Å². The van der Waals surface area contributed by atoms with Crippen LogP contribution in [0.25, 0.3) is 0 Å². The number of aliphatic imine (C=N–C) groups is 1. The Labute approximate surface area is 170 Å². The van der Waals surface area contributed by atoms with Crippen molar-refractivity contribution < 1.29 is 22.7 Å². The Morgan fingerprint density at radius 1 is 1.45 bits per heavy atom. The molecule has 0 saturated heterocycles. The normalized spacial score (nSPS) is 19.6. The number of dihydropyridines is 1. The van der Waals surface area contributed by atoms with Gasteiger partial charge in [-0.15, -0.1) is 0 Å². The summed E-state index contributed by atoms with van der Waals surface area (Å²) in [6, 6.07) is 1.09. The van der Waals surface area contributed by atoms with E-state index in [0.717, 1.165) is 12.8 Å². The van der Waals surface area contributed by atoms with Crippen molar-refractivity contribution in [1.82, 2.24) is 10.3 Å². The quantitative estimate of drug-likeness (QED) is 0.620. The minimum Gasteiger partial charge on any atom is -0.476 e. The van der Waals surface area contributed by atoms with Gasteiger partial charge in [-0.05, 0) is 36.7 Å². The van der Waals surface area contributed by atoms with Gasteiger partial charge in [-0.25, -0.2) is 4.98 Å². The Bertz CT molecular complexity index is 864. The van der Waals surface area contributed by atoms with E-state index in [2.05, 4.69) is 15.3 Å². The maximum Gasteiger partial charge on any atom is 0.392 e. The van der Waals surface area contributed by atoms with E-state index in [0.29, 0.717) is 16.8 Å². The smallest absolute Gasteiger partial charge is 0.392 e. The molecule has 0 amide bonds. The number of ether oxygens (including phenoxy) is 1. The Morgan fingerprint density at radius 3 is 2.86 bits per heavy atom. The number of nitrogens with two attached hydrogens (primary N) is 1. The number of ketones is 1. The first-order valence-electron chi connectivity index (χ1n) is 9.05. The maximum absolute atomic E-state index is 12.4. The zero-order valence-electron chi connectivity index (χ0n) is 15.4. The predicted octanol–water partition coefficient (Wildman–Crippen LogP) is 3.31. The van der Waals surface area contributed by atoms with Crippen LogP contribution in [0.2, 0.25) is 5.02 Å². The highest BCUT2D eigenvalue weighted by Crippen LogP contribution is 2.33. The van der Waals surface area contributed by atoms with Gasteiger partial charge in [0.15, 0.2) is 5.78 Å². The fraction of sp³-hybridized carbons (Fsp3) is 0.421.